The number of hydrogen-bond acceptors (Lipinski definition) is 7. The van der Waals surface area contributed by atoms with Crippen molar-refractivity contribution in [3.05, 3.63) is 58.6 Å². The van der Waals surface area contributed by atoms with E-state index >= 15 is 0 Å². The van der Waals surface area contributed by atoms with E-state index in [-0.39, 0.29) is 17.4 Å². The van der Waals surface area contributed by atoms with Crippen LogP contribution in [0.3, 0.4) is 0 Å². The van der Waals surface area contributed by atoms with Crippen molar-refractivity contribution < 1.29 is 9.53 Å². The quantitative estimate of drug-likeness (QED) is 0.492. The third kappa shape index (κ3) is 3.70. The first kappa shape index (κ1) is 19.5. The minimum Gasteiger partial charge on any atom is -0.383 e. The third-order valence-electron chi connectivity index (χ3n) is 4.36. The molecule has 0 radical (unpaired) electrons. The minimum absolute atomic E-state index is 0.0897. The highest BCUT2D eigenvalue weighted by atomic mass is 16.5. The van der Waals surface area contributed by atoms with E-state index in [0.717, 1.165) is 4.68 Å². The van der Waals surface area contributed by atoms with E-state index in [2.05, 4.69) is 25.7 Å². The molecule has 154 valence electrons. The van der Waals surface area contributed by atoms with Gasteiger partial charge in [-0.05, 0) is 19.1 Å². The SMILES string of the molecule is COC[C@H](C)NC(=O)c1cc(-n2nc3ccccc3n2)nn(-c2cnn(C)c2)c1=O. The second-order valence-electron chi connectivity index (χ2n) is 6.81. The molecule has 0 unspecified atom stereocenters. The van der Waals surface area contributed by atoms with Gasteiger partial charge in [0.15, 0.2) is 5.82 Å². The Labute approximate surface area is 170 Å². The monoisotopic (exact) mass is 408 g/mol. The molecule has 0 spiro atoms. The number of carbonyl (C=O) groups is 1. The second-order valence-corrected chi connectivity index (χ2v) is 6.81. The summed E-state index contributed by atoms with van der Waals surface area (Å²) in [5, 5.41) is 20.0. The standard InChI is InChI=1S/C19H20N8O3/c1-12(11-30-3)21-18(28)14-8-17(27-22-15-6-4-5-7-16(15)23-27)24-26(19(14)29)13-9-20-25(2)10-13/h4-10,12H,11H2,1-3H3,(H,21,28)/t12-/m0/s1. The zero-order valence-corrected chi connectivity index (χ0v) is 16.7. The van der Waals surface area contributed by atoms with E-state index in [4.69, 9.17) is 4.74 Å². The van der Waals surface area contributed by atoms with Crippen LogP contribution in [0.1, 0.15) is 17.3 Å². The number of fused-ring (bicyclic) bond motifs is 1. The second kappa shape index (κ2) is 7.87. The van der Waals surface area contributed by atoms with Gasteiger partial charge in [0.25, 0.3) is 11.5 Å². The molecule has 4 rings (SSSR count). The molecular formula is C19H20N8O3. The summed E-state index contributed by atoms with van der Waals surface area (Å²) in [5.41, 5.74) is 1.08. The number of methoxy groups -OCH3 is 1. The van der Waals surface area contributed by atoms with E-state index in [9.17, 15) is 9.59 Å². The molecule has 0 aliphatic heterocycles. The number of nitrogens with one attached hydrogen (secondary N) is 1. The first-order valence-electron chi connectivity index (χ1n) is 9.22. The molecule has 0 aliphatic rings. The summed E-state index contributed by atoms with van der Waals surface area (Å²) in [6, 6.07) is 8.42. The average molecular weight is 408 g/mol. The van der Waals surface area contributed by atoms with Gasteiger partial charge in [0.05, 0.1) is 19.0 Å². The van der Waals surface area contributed by atoms with Crippen LogP contribution >= 0.6 is 0 Å². The third-order valence-corrected chi connectivity index (χ3v) is 4.36. The molecule has 11 heteroatoms. The summed E-state index contributed by atoms with van der Waals surface area (Å²) in [6.07, 6.45) is 3.11. The lowest BCUT2D eigenvalue weighted by molar-refractivity contribution is 0.0903. The molecular weight excluding hydrogens is 388 g/mol. The molecule has 4 aromatic rings. The van der Waals surface area contributed by atoms with Crippen LogP contribution in [-0.2, 0) is 11.8 Å². The van der Waals surface area contributed by atoms with Crippen LogP contribution in [0.15, 0.2) is 47.5 Å². The number of aromatic nitrogens is 7. The van der Waals surface area contributed by atoms with Crippen molar-refractivity contribution in [2.24, 2.45) is 7.05 Å². The zero-order valence-electron chi connectivity index (χ0n) is 16.7. The van der Waals surface area contributed by atoms with Gasteiger partial charge in [-0.25, -0.2) is 0 Å². The maximum atomic E-state index is 13.0. The number of ether oxygens (including phenoxy) is 1. The van der Waals surface area contributed by atoms with Crippen molar-refractivity contribution in [3.63, 3.8) is 0 Å². The summed E-state index contributed by atoms with van der Waals surface area (Å²) >= 11 is 0. The van der Waals surface area contributed by atoms with Crippen LogP contribution < -0.4 is 10.9 Å². The van der Waals surface area contributed by atoms with Crippen molar-refractivity contribution in [1.82, 2.24) is 39.9 Å². The Morgan fingerprint density at radius 3 is 2.50 bits per heavy atom. The average Bonchev–Trinajstić information content (AvgIpc) is 3.34. The van der Waals surface area contributed by atoms with Crippen LogP contribution in [-0.4, -0.2) is 60.2 Å². The topological polar surface area (TPSA) is 122 Å². The van der Waals surface area contributed by atoms with E-state index in [1.807, 2.05) is 24.3 Å². The summed E-state index contributed by atoms with van der Waals surface area (Å²) in [6.45, 7) is 2.09. The Balaban J connectivity index is 1.85. The van der Waals surface area contributed by atoms with Gasteiger partial charge in [0.2, 0.25) is 0 Å². The number of hydrogen-bond donors (Lipinski definition) is 1. The summed E-state index contributed by atoms with van der Waals surface area (Å²) in [5.74, 6) is -0.318. The van der Waals surface area contributed by atoms with Crippen molar-refractivity contribution in [2.75, 3.05) is 13.7 Å². The highest BCUT2D eigenvalue weighted by Gasteiger charge is 2.20. The van der Waals surface area contributed by atoms with Gasteiger partial charge in [0.1, 0.15) is 22.3 Å². The van der Waals surface area contributed by atoms with E-state index in [1.165, 1.54) is 28.9 Å². The molecule has 0 bridgehead atoms. The first-order chi connectivity index (χ1) is 14.5. The van der Waals surface area contributed by atoms with Gasteiger partial charge >= 0.3 is 0 Å². The number of nitrogens with zero attached hydrogens (tertiary/aromatic N) is 7. The molecule has 3 aromatic heterocycles. The Morgan fingerprint density at radius 1 is 1.20 bits per heavy atom. The molecule has 0 saturated carbocycles. The molecule has 1 aromatic carbocycles. The normalized spacial score (nSPS) is 12.2. The molecule has 0 saturated heterocycles. The number of benzene rings is 1. The van der Waals surface area contributed by atoms with E-state index in [0.29, 0.717) is 23.3 Å². The molecule has 1 atom stereocenters. The van der Waals surface area contributed by atoms with Crippen molar-refractivity contribution in [3.8, 4) is 11.5 Å². The highest BCUT2D eigenvalue weighted by Crippen LogP contribution is 2.12. The molecule has 1 N–H and O–H groups in total. The number of aryl methyl sites for hydroxylation is 1. The Kier molecular flexibility index (Phi) is 5.11. The van der Waals surface area contributed by atoms with Crippen molar-refractivity contribution in [1.29, 1.82) is 0 Å². The number of carbonyl (C=O) groups excluding carboxylic acids is 1. The molecule has 30 heavy (non-hydrogen) atoms. The largest absolute Gasteiger partial charge is 0.383 e. The fraction of sp³-hybridized carbons (Fsp3) is 0.263. The zero-order chi connectivity index (χ0) is 21.3. The van der Waals surface area contributed by atoms with Crippen molar-refractivity contribution >= 4 is 16.9 Å². The van der Waals surface area contributed by atoms with Crippen LogP contribution in [0.5, 0.6) is 0 Å². The van der Waals surface area contributed by atoms with Crippen LogP contribution in [0, 0.1) is 0 Å². The van der Waals surface area contributed by atoms with Gasteiger partial charge in [0, 0.05) is 26.3 Å². The van der Waals surface area contributed by atoms with Crippen LogP contribution in [0.4, 0.5) is 0 Å². The van der Waals surface area contributed by atoms with Gasteiger partial charge < -0.3 is 10.1 Å². The molecule has 1 amide bonds. The highest BCUT2D eigenvalue weighted by molar-refractivity contribution is 5.94. The Bertz CT molecular complexity index is 1240. The summed E-state index contributed by atoms with van der Waals surface area (Å²) < 4.78 is 7.70. The van der Waals surface area contributed by atoms with Gasteiger partial charge in [-0.2, -0.15) is 9.78 Å². The molecule has 0 fully saturated rings. The fourth-order valence-electron chi connectivity index (χ4n) is 2.99. The summed E-state index contributed by atoms with van der Waals surface area (Å²) in [7, 11) is 3.26. The maximum absolute atomic E-state index is 13.0. The van der Waals surface area contributed by atoms with Gasteiger partial charge in [-0.1, -0.05) is 12.1 Å². The molecule has 3 heterocycles. The maximum Gasteiger partial charge on any atom is 0.284 e. The summed E-state index contributed by atoms with van der Waals surface area (Å²) in [4.78, 5) is 27.2. The molecule has 11 nitrogen and oxygen atoms in total. The first-order valence-corrected chi connectivity index (χ1v) is 9.22. The minimum atomic E-state index is -0.578. The fourth-order valence-corrected chi connectivity index (χ4v) is 2.99. The van der Waals surface area contributed by atoms with Gasteiger partial charge in [-0.15, -0.1) is 20.1 Å². The smallest absolute Gasteiger partial charge is 0.284 e. The van der Waals surface area contributed by atoms with Crippen LogP contribution in [0.25, 0.3) is 22.5 Å². The predicted molar refractivity (Wildman–Crippen MR) is 108 cm³/mol. The lowest BCUT2D eigenvalue weighted by Crippen LogP contribution is -2.40. The van der Waals surface area contributed by atoms with Gasteiger partial charge in [-0.3, -0.25) is 14.3 Å². The Hall–Kier alpha value is -3.86. The number of amides is 1. The number of rotatable bonds is 6. The molecule has 0 aliphatic carbocycles. The lowest BCUT2D eigenvalue weighted by Gasteiger charge is -2.13. The van der Waals surface area contributed by atoms with Crippen LogP contribution in [0.2, 0.25) is 0 Å². The lowest BCUT2D eigenvalue weighted by atomic mass is 10.2. The van der Waals surface area contributed by atoms with Crippen molar-refractivity contribution in [2.45, 2.75) is 13.0 Å². The Morgan fingerprint density at radius 2 is 1.90 bits per heavy atom. The van der Waals surface area contributed by atoms with E-state index in [1.54, 1.807) is 20.2 Å². The predicted octanol–water partition coefficient (Wildman–Crippen LogP) is 0.465. The van der Waals surface area contributed by atoms with E-state index < -0.39 is 11.5 Å².